The number of phosphoric ester groups is 1. The predicted octanol–water partition coefficient (Wildman–Crippen LogP) is 11.2. The van der Waals surface area contributed by atoms with Crippen LogP contribution in [0, 0.1) is 0 Å². The van der Waals surface area contributed by atoms with Gasteiger partial charge in [0, 0.05) is 12.8 Å². The lowest BCUT2D eigenvalue weighted by molar-refractivity contribution is -0.161. The van der Waals surface area contributed by atoms with Crippen LogP contribution >= 0.6 is 7.82 Å². The molecule has 0 saturated heterocycles. The van der Waals surface area contributed by atoms with Gasteiger partial charge in [0.2, 0.25) is 0 Å². The number of phosphoric acid groups is 1. The second-order valence-electron chi connectivity index (χ2n) is 14.7. The van der Waals surface area contributed by atoms with E-state index in [1.807, 2.05) is 0 Å². The van der Waals surface area contributed by atoms with Crippen molar-refractivity contribution in [1.82, 2.24) is 0 Å². The highest BCUT2D eigenvalue weighted by Crippen LogP contribution is 2.43. The molecule has 0 aliphatic heterocycles. The Labute approximate surface area is 334 Å². The summed E-state index contributed by atoms with van der Waals surface area (Å²) in [7, 11) is -3.54. The summed E-state index contributed by atoms with van der Waals surface area (Å²) in [5, 5.41) is 0. The van der Waals surface area contributed by atoms with Crippen LogP contribution in [-0.4, -0.2) is 61.9 Å². The molecule has 0 aliphatic rings. The fraction of sp³-hybridized carbons (Fsp3) is 0.837. The summed E-state index contributed by atoms with van der Waals surface area (Å²) < 4.78 is 37.5. The molecule has 55 heavy (non-hydrogen) atoms. The van der Waals surface area contributed by atoms with E-state index in [1.165, 1.54) is 77.0 Å². The van der Waals surface area contributed by atoms with Crippen LogP contribution in [0.1, 0.15) is 194 Å². The first-order chi connectivity index (χ1) is 26.6. The monoisotopic (exact) mass is 802 g/mol. The SMILES string of the molecule is CCCCCCCC/C=C\CCCCCCCC(=O)OC[C@H](COP(=O)(O)OC[C@H](N)C(=O)OC)OC(=O)CCCCCCC/C=C\CCCCCCCC. The van der Waals surface area contributed by atoms with Gasteiger partial charge in [-0.15, -0.1) is 0 Å². The van der Waals surface area contributed by atoms with Crippen LogP contribution in [0.25, 0.3) is 0 Å². The highest BCUT2D eigenvalue weighted by molar-refractivity contribution is 7.47. The molecule has 0 aromatic carbocycles. The maximum absolute atomic E-state index is 12.6. The Bertz CT molecular complexity index is 1040. The molecule has 1 unspecified atom stereocenters. The summed E-state index contributed by atoms with van der Waals surface area (Å²) in [5.74, 6) is -1.77. The Kier molecular flexibility index (Phi) is 37.4. The lowest BCUT2D eigenvalue weighted by atomic mass is 10.1. The molecule has 0 bridgehead atoms. The zero-order valence-corrected chi connectivity index (χ0v) is 35.9. The number of rotatable bonds is 40. The molecule has 0 radical (unpaired) electrons. The zero-order valence-electron chi connectivity index (χ0n) is 35.0. The normalized spacial score (nSPS) is 13.9. The minimum atomic E-state index is -4.67. The smallest absolute Gasteiger partial charge is 0.468 e. The summed E-state index contributed by atoms with van der Waals surface area (Å²) in [6.07, 6.45) is 38.3. The molecule has 3 atom stereocenters. The van der Waals surface area contributed by atoms with E-state index in [0.717, 1.165) is 84.2 Å². The lowest BCUT2D eigenvalue weighted by Crippen LogP contribution is -2.36. The van der Waals surface area contributed by atoms with Crippen molar-refractivity contribution in [2.45, 2.75) is 206 Å². The van der Waals surface area contributed by atoms with Gasteiger partial charge in [0.1, 0.15) is 12.6 Å². The summed E-state index contributed by atoms with van der Waals surface area (Å²) in [6, 6.07) is -1.29. The minimum absolute atomic E-state index is 0.165. The molecule has 0 rings (SSSR count). The Morgan fingerprint density at radius 3 is 1.38 bits per heavy atom. The Balaban J connectivity index is 4.45. The van der Waals surface area contributed by atoms with Crippen molar-refractivity contribution in [1.29, 1.82) is 0 Å². The molecule has 12 heteroatoms. The van der Waals surface area contributed by atoms with Gasteiger partial charge in [-0.1, -0.05) is 141 Å². The second-order valence-corrected chi connectivity index (χ2v) is 16.1. The third-order valence-electron chi connectivity index (χ3n) is 9.36. The van der Waals surface area contributed by atoms with Crippen LogP contribution in [0.2, 0.25) is 0 Å². The Hall–Kier alpha value is -2.04. The molecule has 0 spiro atoms. The maximum atomic E-state index is 12.6. The van der Waals surface area contributed by atoms with Crippen LogP contribution in [-0.2, 0) is 42.2 Å². The molecule has 11 nitrogen and oxygen atoms in total. The van der Waals surface area contributed by atoms with Crippen LogP contribution in [0.3, 0.4) is 0 Å². The highest BCUT2D eigenvalue weighted by Gasteiger charge is 2.28. The molecule has 0 aromatic rings. The van der Waals surface area contributed by atoms with Crippen molar-refractivity contribution in [3.63, 3.8) is 0 Å². The number of ether oxygens (including phenoxy) is 3. The van der Waals surface area contributed by atoms with Crippen molar-refractivity contribution in [2.24, 2.45) is 5.73 Å². The van der Waals surface area contributed by atoms with E-state index < -0.39 is 51.1 Å². The number of carbonyl (C=O) groups is 3. The third-order valence-corrected chi connectivity index (χ3v) is 10.3. The first-order valence-corrected chi connectivity index (χ1v) is 23.2. The van der Waals surface area contributed by atoms with Gasteiger partial charge in [-0.25, -0.2) is 4.57 Å². The van der Waals surface area contributed by atoms with Gasteiger partial charge in [-0.05, 0) is 64.2 Å². The average molecular weight is 802 g/mol. The van der Waals surface area contributed by atoms with Crippen LogP contribution in [0.5, 0.6) is 0 Å². The van der Waals surface area contributed by atoms with Gasteiger partial charge in [0.05, 0.1) is 20.3 Å². The van der Waals surface area contributed by atoms with Crippen molar-refractivity contribution in [3.05, 3.63) is 24.3 Å². The first kappa shape index (κ1) is 53.0. The molecule has 0 heterocycles. The number of esters is 3. The molecular formula is C43H80NO10P. The van der Waals surface area contributed by atoms with Crippen LogP contribution < -0.4 is 5.73 Å². The summed E-state index contributed by atoms with van der Waals surface area (Å²) in [5.41, 5.74) is 5.56. The number of nitrogens with two attached hydrogens (primary N) is 1. The van der Waals surface area contributed by atoms with E-state index >= 15 is 0 Å². The molecular weight excluding hydrogens is 721 g/mol. The molecule has 0 fully saturated rings. The molecule has 322 valence electrons. The lowest BCUT2D eigenvalue weighted by Gasteiger charge is -2.20. The standard InChI is InChI=1S/C43H80NO10P/c1-4-6-8-10-12-14-16-18-20-22-24-26-28-30-32-34-41(45)51-36-39(37-52-55(48,49)53-38-40(44)43(47)50-3)54-42(46)35-33-31-29-27-25-23-21-19-17-15-13-11-9-7-5-2/h18-21,39-40H,4-17,22-38,44H2,1-3H3,(H,48,49)/b20-18-,21-19-/t39-,40+/m1/s1. The molecule has 0 aliphatic carbocycles. The van der Waals surface area contributed by atoms with Gasteiger partial charge in [0.15, 0.2) is 6.10 Å². The van der Waals surface area contributed by atoms with Gasteiger partial charge >= 0.3 is 25.7 Å². The number of unbranched alkanes of at least 4 members (excludes halogenated alkanes) is 22. The molecule has 3 N–H and O–H groups in total. The first-order valence-electron chi connectivity index (χ1n) is 21.8. The van der Waals surface area contributed by atoms with E-state index in [1.54, 1.807) is 0 Å². The zero-order chi connectivity index (χ0) is 40.7. The third kappa shape index (κ3) is 37.3. The maximum Gasteiger partial charge on any atom is 0.472 e. The summed E-state index contributed by atoms with van der Waals surface area (Å²) >= 11 is 0. The fourth-order valence-corrected chi connectivity index (χ4v) is 6.69. The Morgan fingerprint density at radius 1 is 0.564 bits per heavy atom. The summed E-state index contributed by atoms with van der Waals surface area (Å²) in [4.78, 5) is 46.7. The van der Waals surface area contributed by atoms with Gasteiger partial charge in [0.25, 0.3) is 0 Å². The predicted molar refractivity (Wildman–Crippen MR) is 221 cm³/mol. The fourth-order valence-electron chi connectivity index (χ4n) is 5.91. The number of allylic oxidation sites excluding steroid dienone is 4. The van der Waals surface area contributed by atoms with Crippen molar-refractivity contribution in [2.75, 3.05) is 26.9 Å². The van der Waals surface area contributed by atoms with Crippen molar-refractivity contribution in [3.8, 4) is 0 Å². The topological polar surface area (TPSA) is 161 Å². The average Bonchev–Trinajstić information content (AvgIpc) is 3.17. The Morgan fingerprint density at radius 2 is 0.945 bits per heavy atom. The highest BCUT2D eigenvalue weighted by atomic mass is 31.2. The second kappa shape index (κ2) is 38.8. The number of methoxy groups -OCH3 is 1. The van der Waals surface area contributed by atoms with E-state index in [-0.39, 0.29) is 19.4 Å². The van der Waals surface area contributed by atoms with Crippen LogP contribution in [0.4, 0.5) is 0 Å². The van der Waals surface area contributed by atoms with E-state index in [9.17, 15) is 23.8 Å². The van der Waals surface area contributed by atoms with E-state index in [0.29, 0.717) is 12.8 Å². The van der Waals surface area contributed by atoms with Crippen molar-refractivity contribution >= 4 is 25.7 Å². The largest absolute Gasteiger partial charge is 0.472 e. The van der Waals surface area contributed by atoms with Gasteiger partial charge in [-0.2, -0.15) is 0 Å². The molecule has 0 saturated carbocycles. The number of hydrogen-bond donors (Lipinski definition) is 2. The van der Waals surface area contributed by atoms with Crippen molar-refractivity contribution < 1.29 is 47.1 Å². The summed E-state index contributed by atoms with van der Waals surface area (Å²) in [6.45, 7) is 2.97. The number of carbonyl (C=O) groups excluding carboxylic acids is 3. The van der Waals surface area contributed by atoms with Gasteiger partial charge < -0.3 is 24.8 Å². The molecule has 0 aromatic heterocycles. The van der Waals surface area contributed by atoms with Crippen LogP contribution in [0.15, 0.2) is 24.3 Å². The van der Waals surface area contributed by atoms with E-state index in [4.69, 9.17) is 24.3 Å². The van der Waals surface area contributed by atoms with Gasteiger partial charge in [-0.3, -0.25) is 23.4 Å². The minimum Gasteiger partial charge on any atom is -0.468 e. The van der Waals surface area contributed by atoms with E-state index in [2.05, 4.69) is 42.9 Å². The quantitative estimate of drug-likeness (QED) is 0.0199. The number of hydrogen-bond acceptors (Lipinski definition) is 10. The molecule has 0 amide bonds.